The van der Waals surface area contributed by atoms with Crippen LogP contribution in [-0.2, 0) is 6.42 Å². The molecule has 1 aliphatic rings. The summed E-state index contributed by atoms with van der Waals surface area (Å²) in [5, 5.41) is 1.08. The van der Waals surface area contributed by atoms with Crippen LogP contribution in [0.2, 0.25) is 0 Å². The molecule has 1 amide bonds. The van der Waals surface area contributed by atoms with Crippen molar-refractivity contribution in [2.45, 2.75) is 39.5 Å². The molecule has 0 unspecified atom stereocenters. The number of carbonyl (C=O) groups is 1. The molecule has 0 spiro atoms. The molecule has 1 aromatic rings. The molecule has 2 rings (SSSR count). The van der Waals surface area contributed by atoms with E-state index in [1.165, 1.54) is 0 Å². The molecule has 106 valence electrons. The van der Waals surface area contributed by atoms with Gasteiger partial charge in [-0.3, -0.25) is 4.79 Å². The number of likely N-dealkylation sites (tertiary alicyclic amines) is 1. The average molecular weight is 281 g/mol. The van der Waals surface area contributed by atoms with Crippen LogP contribution in [0.5, 0.6) is 0 Å². The maximum atomic E-state index is 12.5. The molecule has 2 N–H and O–H groups in total. The standard InChI is InChI=1S/C14H23N3OS/c1-3-4-12-16-10(2)13(19-12)14(18)17-7-5-11(9-15)6-8-17/h11H,3-9,15H2,1-2H3. The third-order valence-electron chi connectivity index (χ3n) is 3.73. The van der Waals surface area contributed by atoms with Crippen LogP contribution in [-0.4, -0.2) is 35.4 Å². The highest BCUT2D eigenvalue weighted by molar-refractivity contribution is 7.13. The number of nitrogens with zero attached hydrogens (tertiary/aromatic N) is 2. The Hall–Kier alpha value is -0.940. The molecule has 1 fully saturated rings. The predicted octanol–water partition coefficient (Wildman–Crippen LogP) is 2.21. The van der Waals surface area contributed by atoms with Crippen LogP contribution in [0.1, 0.15) is 46.6 Å². The Balaban J connectivity index is 2.03. The van der Waals surface area contributed by atoms with Gasteiger partial charge in [-0.1, -0.05) is 6.92 Å². The highest BCUT2D eigenvalue weighted by Gasteiger charge is 2.25. The smallest absolute Gasteiger partial charge is 0.265 e. The van der Waals surface area contributed by atoms with Gasteiger partial charge in [-0.2, -0.15) is 0 Å². The van der Waals surface area contributed by atoms with Gasteiger partial charge in [0, 0.05) is 13.1 Å². The van der Waals surface area contributed by atoms with Gasteiger partial charge in [0.05, 0.1) is 10.7 Å². The van der Waals surface area contributed by atoms with Crippen molar-refractivity contribution in [3.63, 3.8) is 0 Å². The molecule has 1 aliphatic heterocycles. The Morgan fingerprint density at radius 3 is 2.74 bits per heavy atom. The lowest BCUT2D eigenvalue weighted by Gasteiger charge is -2.31. The molecule has 4 nitrogen and oxygen atoms in total. The molecule has 0 saturated carbocycles. The van der Waals surface area contributed by atoms with E-state index in [0.29, 0.717) is 5.92 Å². The summed E-state index contributed by atoms with van der Waals surface area (Å²) >= 11 is 1.57. The van der Waals surface area contributed by atoms with Gasteiger partial charge < -0.3 is 10.6 Å². The molecule has 0 bridgehead atoms. The zero-order chi connectivity index (χ0) is 13.8. The van der Waals surface area contributed by atoms with Crippen LogP contribution in [0.3, 0.4) is 0 Å². The highest BCUT2D eigenvalue weighted by atomic mass is 32.1. The van der Waals surface area contributed by atoms with E-state index >= 15 is 0 Å². The van der Waals surface area contributed by atoms with E-state index in [1.54, 1.807) is 11.3 Å². The Morgan fingerprint density at radius 1 is 1.47 bits per heavy atom. The second-order valence-corrected chi connectivity index (χ2v) is 6.33. The van der Waals surface area contributed by atoms with Gasteiger partial charge in [0.25, 0.3) is 5.91 Å². The summed E-state index contributed by atoms with van der Waals surface area (Å²) in [6.45, 7) is 6.48. The Bertz CT molecular complexity index is 436. The first-order valence-corrected chi connectivity index (χ1v) is 7.93. The van der Waals surface area contributed by atoms with Crippen molar-refractivity contribution in [2.75, 3.05) is 19.6 Å². The zero-order valence-electron chi connectivity index (χ0n) is 11.8. The fraction of sp³-hybridized carbons (Fsp3) is 0.714. The average Bonchev–Trinajstić information content (AvgIpc) is 2.79. The molecule has 0 atom stereocenters. The highest BCUT2D eigenvalue weighted by Crippen LogP contribution is 2.24. The third-order valence-corrected chi connectivity index (χ3v) is 4.94. The number of thiazole rings is 1. The van der Waals surface area contributed by atoms with Crippen LogP contribution < -0.4 is 5.73 Å². The topological polar surface area (TPSA) is 59.2 Å². The van der Waals surface area contributed by atoms with Crippen molar-refractivity contribution in [3.05, 3.63) is 15.6 Å². The normalized spacial score (nSPS) is 16.9. The minimum absolute atomic E-state index is 0.160. The SMILES string of the molecule is CCCc1nc(C)c(C(=O)N2CCC(CN)CC2)s1. The number of hydrogen-bond donors (Lipinski definition) is 1. The number of hydrogen-bond acceptors (Lipinski definition) is 4. The van der Waals surface area contributed by atoms with Gasteiger partial charge >= 0.3 is 0 Å². The fourth-order valence-electron chi connectivity index (χ4n) is 2.49. The molecule has 1 aromatic heterocycles. The van der Waals surface area contributed by atoms with E-state index < -0.39 is 0 Å². The second kappa shape index (κ2) is 6.48. The molecule has 0 aliphatic carbocycles. The minimum Gasteiger partial charge on any atom is -0.338 e. The first kappa shape index (κ1) is 14.5. The monoisotopic (exact) mass is 281 g/mol. The van der Waals surface area contributed by atoms with E-state index in [2.05, 4.69) is 11.9 Å². The number of aromatic nitrogens is 1. The number of rotatable bonds is 4. The fourth-order valence-corrected chi connectivity index (χ4v) is 3.62. The largest absolute Gasteiger partial charge is 0.338 e. The van der Waals surface area contributed by atoms with Gasteiger partial charge in [0.1, 0.15) is 4.88 Å². The van der Waals surface area contributed by atoms with Gasteiger partial charge in [-0.15, -0.1) is 11.3 Å². The number of piperidine rings is 1. The summed E-state index contributed by atoms with van der Waals surface area (Å²) in [6, 6.07) is 0. The molecule has 19 heavy (non-hydrogen) atoms. The summed E-state index contributed by atoms with van der Waals surface area (Å²) in [7, 11) is 0. The quantitative estimate of drug-likeness (QED) is 0.920. The second-order valence-electron chi connectivity index (χ2n) is 5.24. The summed E-state index contributed by atoms with van der Waals surface area (Å²) in [6.07, 6.45) is 4.10. The van der Waals surface area contributed by atoms with Crippen LogP contribution >= 0.6 is 11.3 Å². The number of nitrogens with two attached hydrogens (primary N) is 1. The van der Waals surface area contributed by atoms with Crippen molar-refractivity contribution in [3.8, 4) is 0 Å². The first-order valence-electron chi connectivity index (χ1n) is 7.11. The van der Waals surface area contributed by atoms with Crippen molar-refractivity contribution in [1.82, 2.24) is 9.88 Å². The van der Waals surface area contributed by atoms with Crippen molar-refractivity contribution < 1.29 is 4.79 Å². The molecule has 0 radical (unpaired) electrons. The van der Waals surface area contributed by atoms with Crippen LogP contribution in [0.25, 0.3) is 0 Å². The Morgan fingerprint density at radius 2 is 2.16 bits per heavy atom. The Labute approximate surface area is 119 Å². The molecule has 2 heterocycles. The van der Waals surface area contributed by atoms with E-state index in [9.17, 15) is 4.79 Å². The van der Waals surface area contributed by atoms with Crippen molar-refractivity contribution in [2.24, 2.45) is 11.7 Å². The van der Waals surface area contributed by atoms with Crippen LogP contribution in [0, 0.1) is 12.8 Å². The van der Waals surface area contributed by atoms with E-state index in [0.717, 1.165) is 60.9 Å². The predicted molar refractivity (Wildman–Crippen MR) is 78.5 cm³/mol. The van der Waals surface area contributed by atoms with Gasteiger partial charge in [0.15, 0.2) is 0 Å². The minimum atomic E-state index is 0.160. The zero-order valence-corrected chi connectivity index (χ0v) is 12.6. The molecule has 0 aromatic carbocycles. The van der Waals surface area contributed by atoms with E-state index in [4.69, 9.17) is 5.73 Å². The first-order chi connectivity index (χ1) is 9.15. The maximum Gasteiger partial charge on any atom is 0.265 e. The van der Waals surface area contributed by atoms with E-state index in [1.807, 2.05) is 11.8 Å². The summed E-state index contributed by atoms with van der Waals surface area (Å²) in [5.74, 6) is 0.745. The number of aryl methyl sites for hydroxylation is 2. The molecule has 1 saturated heterocycles. The van der Waals surface area contributed by atoms with Gasteiger partial charge in [0.2, 0.25) is 0 Å². The summed E-state index contributed by atoms with van der Waals surface area (Å²) in [4.78, 5) is 19.8. The summed E-state index contributed by atoms with van der Waals surface area (Å²) in [5.41, 5.74) is 6.57. The molecular formula is C14H23N3OS. The van der Waals surface area contributed by atoms with E-state index in [-0.39, 0.29) is 5.91 Å². The molecule has 5 heteroatoms. The lowest BCUT2D eigenvalue weighted by atomic mass is 9.97. The third kappa shape index (κ3) is 3.34. The number of carbonyl (C=O) groups excluding carboxylic acids is 1. The van der Waals surface area contributed by atoms with Crippen LogP contribution in [0.4, 0.5) is 0 Å². The van der Waals surface area contributed by atoms with Crippen molar-refractivity contribution in [1.29, 1.82) is 0 Å². The van der Waals surface area contributed by atoms with Gasteiger partial charge in [-0.25, -0.2) is 4.98 Å². The van der Waals surface area contributed by atoms with Gasteiger partial charge in [-0.05, 0) is 45.1 Å². The molecular weight excluding hydrogens is 258 g/mol. The summed E-state index contributed by atoms with van der Waals surface area (Å²) < 4.78 is 0. The van der Waals surface area contributed by atoms with Crippen molar-refractivity contribution >= 4 is 17.2 Å². The Kier molecular flexibility index (Phi) is 4.93. The van der Waals surface area contributed by atoms with Crippen LogP contribution in [0.15, 0.2) is 0 Å². The lowest BCUT2D eigenvalue weighted by Crippen LogP contribution is -2.40. The maximum absolute atomic E-state index is 12.5. The lowest BCUT2D eigenvalue weighted by molar-refractivity contribution is 0.0697. The number of amides is 1.